The van der Waals surface area contributed by atoms with Crippen molar-refractivity contribution in [2.24, 2.45) is 0 Å². The molecule has 0 saturated carbocycles. The van der Waals surface area contributed by atoms with E-state index in [1.54, 1.807) is 20.8 Å². The van der Waals surface area contributed by atoms with Crippen LogP contribution in [0, 0.1) is 13.8 Å². The highest BCUT2D eigenvalue weighted by Crippen LogP contribution is 2.25. The maximum Gasteiger partial charge on any atom is 0.408 e. The van der Waals surface area contributed by atoms with Gasteiger partial charge in [0.25, 0.3) is 0 Å². The number of benzene rings is 1. The summed E-state index contributed by atoms with van der Waals surface area (Å²) >= 11 is 0. The number of carbonyl (C=O) groups is 2. The van der Waals surface area contributed by atoms with Gasteiger partial charge in [0.1, 0.15) is 5.60 Å². The lowest BCUT2D eigenvalue weighted by molar-refractivity contribution is -0.119. The molecule has 0 saturated heterocycles. The molecule has 0 spiro atoms. The molecule has 0 aliphatic carbocycles. The van der Waals surface area contributed by atoms with E-state index in [-0.39, 0.29) is 5.78 Å². The van der Waals surface area contributed by atoms with Crippen LogP contribution in [0.15, 0.2) is 12.1 Å². The third-order valence-electron chi connectivity index (χ3n) is 3.98. The van der Waals surface area contributed by atoms with Crippen molar-refractivity contribution in [3.05, 3.63) is 34.4 Å². The number of amides is 1. The number of hydrogen-bond donors (Lipinski definition) is 1. The lowest BCUT2D eigenvalue weighted by Gasteiger charge is -2.24. The van der Waals surface area contributed by atoms with Gasteiger partial charge in [0.2, 0.25) is 0 Å². The van der Waals surface area contributed by atoms with Gasteiger partial charge in [-0.1, -0.05) is 26.0 Å². The molecule has 0 radical (unpaired) electrons. The highest BCUT2D eigenvalue weighted by Gasteiger charge is 2.23. The van der Waals surface area contributed by atoms with E-state index in [1.165, 1.54) is 23.6 Å². The number of carbonyl (C=O) groups excluding carboxylic acids is 2. The summed E-state index contributed by atoms with van der Waals surface area (Å²) in [4.78, 5) is 24.0. The van der Waals surface area contributed by atoms with Crippen LogP contribution in [0.2, 0.25) is 0 Å². The summed E-state index contributed by atoms with van der Waals surface area (Å²) in [6.45, 7) is 15.3. The molecule has 0 heterocycles. The van der Waals surface area contributed by atoms with Crippen LogP contribution in [0.4, 0.5) is 4.79 Å². The van der Waals surface area contributed by atoms with Crippen molar-refractivity contribution in [3.63, 3.8) is 0 Å². The molecule has 0 unspecified atom stereocenters. The zero-order valence-corrected chi connectivity index (χ0v) is 16.2. The molecular weight excluding hydrogens is 302 g/mol. The van der Waals surface area contributed by atoms with E-state index >= 15 is 0 Å². The van der Waals surface area contributed by atoms with Crippen molar-refractivity contribution < 1.29 is 14.3 Å². The van der Waals surface area contributed by atoms with Crippen LogP contribution < -0.4 is 5.32 Å². The number of ether oxygens (including phenoxy) is 1. The van der Waals surface area contributed by atoms with Gasteiger partial charge >= 0.3 is 6.09 Å². The van der Waals surface area contributed by atoms with Gasteiger partial charge in [-0.3, -0.25) is 4.79 Å². The summed E-state index contributed by atoms with van der Waals surface area (Å²) in [6, 6.07) is 3.72. The molecule has 0 aliphatic heterocycles. The number of hydrogen-bond acceptors (Lipinski definition) is 3. The summed E-state index contributed by atoms with van der Waals surface area (Å²) in [7, 11) is 0. The number of ketones is 1. The lowest BCUT2D eigenvalue weighted by atomic mass is 9.89. The summed E-state index contributed by atoms with van der Waals surface area (Å²) in [6.07, 6.45) is -0.0823. The van der Waals surface area contributed by atoms with E-state index in [1.807, 2.05) is 0 Å². The molecule has 1 atom stereocenters. The first-order valence-corrected chi connectivity index (χ1v) is 8.50. The maximum absolute atomic E-state index is 12.0. The van der Waals surface area contributed by atoms with Gasteiger partial charge in [0, 0.05) is 6.42 Å². The molecule has 0 aliphatic rings. The second-order valence-electron chi connectivity index (χ2n) is 7.80. The summed E-state index contributed by atoms with van der Waals surface area (Å²) in [5.41, 5.74) is 4.16. The molecule has 1 rings (SSSR count). The first-order chi connectivity index (χ1) is 10.9. The Morgan fingerprint density at radius 1 is 1.12 bits per heavy atom. The Bertz CT molecular complexity index is 612. The molecule has 24 heavy (non-hydrogen) atoms. The normalized spacial score (nSPS) is 12.9. The van der Waals surface area contributed by atoms with Crippen molar-refractivity contribution in [1.82, 2.24) is 5.32 Å². The van der Waals surface area contributed by atoms with Gasteiger partial charge in [0.05, 0.1) is 6.04 Å². The molecule has 1 aromatic carbocycles. The monoisotopic (exact) mass is 333 g/mol. The van der Waals surface area contributed by atoms with Gasteiger partial charge in [-0.2, -0.15) is 0 Å². The predicted molar refractivity (Wildman–Crippen MR) is 97.5 cm³/mol. The van der Waals surface area contributed by atoms with Crippen LogP contribution >= 0.6 is 0 Å². The Balaban J connectivity index is 3.03. The molecule has 134 valence electrons. The quantitative estimate of drug-likeness (QED) is 0.866. The number of aryl methyl sites for hydroxylation is 2. The summed E-state index contributed by atoms with van der Waals surface area (Å²) < 4.78 is 5.27. The van der Waals surface area contributed by atoms with Gasteiger partial charge in [-0.05, 0) is 69.7 Å². The fourth-order valence-corrected chi connectivity index (χ4v) is 2.58. The molecule has 0 aromatic heterocycles. The first-order valence-electron chi connectivity index (χ1n) is 8.50. The molecule has 4 heteroatoms. The standard InChI is InChI=1S/C20H31NO3/c1-12(2)17-10-14(4)13(3)9-16(17)11-18(15(5)22)21-19(23)24-20(6,7)8/h9-10,12,18H,11H2,1-8H3,(H,21,23)/t18-/m0/s1. The van der Waals surface area contributed by atoms with Crippen molar-refractivity contribution in [1.29, 1.82) is 0 Å². The van der Waals surface area contributed by atoms with Crippen molar-refractivity contribution >= 4 is 11.9 Å². The average Bonchev–Trinajstić information content (AvgIpc) is 2.39. The minimum absolute atomic E-state index is 0.0752. The maximum atomic E-state index is 12.0. The molecule has 1 amide bonds. The zero-order chi connectivity index (χ0) is 18.7. The van der Waals surface area contributed by atoms with Crippen LogP contribution in [0.1, 0.15) is 69.7 Å². The van der Waals surface area contributed by atoms with Crippen LogP contribution in [0.5, 0.6) is 0 Å². The van der Waals surface area contributed by atoms with Crippen LogP contribution in [0.25, 0.3) is 0 Å². The molecule has 4 nitrogen and oxygen atoms in total. The smallest absolute Gasteiger partial charge is 0.408 e. The van der Waals surface area contributed by atoms with Crippen LogP contribution in [-0.4, -0.2) is 23.5 Å². The first kappa shape index (κ1) is 20.2. The molecule has 0 fully saturated rings. The topological polar surface area (TPSA) is 55.4 Å². The Hall–Kier alpha value is -1.84. The van der Waals surface area contributed by atoms with Gasteiger partial charge in [-0.25, -0.2) is 4.79 Å². The molecule has 1 aromatic rings. The molecule has 0 bridgehead atoms. The molecule has 1 N–H and O–H groups in total. The Labute approximate surface area is 146 Å². The zero-order valence-electron chi connectivity index (χ0n) is 16.2. The van der Waals surface area contributed by atoms with E-state index in [0.717, 1.165) is 5.56 Å². The summed E-state index contributed by atoms with van der Waals surface area (Å²) in [5.74, 6) is 0.280. The predicted octanol–water partition coefficient (Wildman–Crippen LogP) is 4.45. The van der Waals surface area contributed by atoms with Crippen molar-refractivity contribution in [3.8, 4) is 0 Å². The number of Topliss-reactive ketones (excluding diaryl/α,β-unsaturated/α-hetero) is 1. The van der Waals surface area contributed by atoms with Crippen molar-refractivity contribution in [2.75, 3.05) is 0 Å². The van der Waals surface area contributed by atoms with Gasteiger partial charge < -0.3 is 10.1 Å². The van der Waals surface area contributed by atoms with E-state index < -0.39 is 17.7 Å². The van der Waals surface area contributed by atoms with E-state index in [0.29, 0.717) is 12.3 Å². The van der Waals surface area contributed by atoms with Gasteiger partial charge in [-0.15, -0.1) is 0 Å². The Morgan fingerprint density at radius 3 is 2.12 bits per heavy atom. The second-order valence-corrected chi connectivity index (χ2v) is 7.80. The van der Waals surface area contributed by atoms with Gasteiger partial charge in [0.15, 0.2) is 5.78 Å². The van der Waals surface area contributed by atoms with Crippen LogP contribution in [0.3, 0.4) is 0 Å². The van der Waals surface area contributed by atoms with E-state index in [2.05, 4.69) is 45.1 Å². The van der Waals surface area contributed by atoms with E-state index in [9.17, 15) is 9.59 Å². The molecular formula is C20H31NO3. The minimum Gasteiger partial charge on any atom is -0.444 e. The number of rotatable bonds is 5. The van der Waals surface area contributed by atoms with E-state index in [4.69, 9.17) is 4.74 Å². The van der Waals surface area contributed by atoms with Crippen molar-refractivity contribution in [2.45, 2.75) is 79.4 Å². The average molecular weight is 333 g/mol. The summed E-state index contributed by atoms with van der Waals surface area (Å²) in [5, 5.41) is 2.71. The van der Waals surface area contributed by atoms with Crippen LogP contribution in [-0.2, 0) is 16.0 Å². The fraction of sp³-hybridized carbons (Fsp3) is 0.600. The lowest BCUT2D eigenvalue weighted by Crippen LogP contribution is -2.44. The third-order valence-corrected chi connectivity index (χ3v) is 3.98. The fourth-order valence-electron chi connectivity index (χ4n) is 2.58. The highest BCUT2D eigenvalue weighted by molar-refractivity contribution is 5.85. The Kier molecular flexibility index (Phi) is 6.58. The number of nitrogens with one attached hydrogen (secondary N) is 1. The third kappa shape index (κ3) is 5.99. The minimum atomic E-state index is -0.588. The second kappa shape index (κ2) is 7.82. The Morgan fingerprint density at radius 2 is 1.67 bits per heavy atom. The largest absolute Gasteiger partial charge is 0.444 e. The number of alkyl carbamates (subject to hydrolysis) is 1. The highest BCUT2D eigenvalue weighted by atomic mass is 16.6. The SMILES string of the molecule is CC(=O)[C@H](Cc1cc(C)c(C)cc1C(C)C)NC(=O)OC(C)(C)C.